The van der Waals surface area contributed by atoms with Gasteiger partial charge in [-0.2, -0.15) is 0 Å². The largest absolute Gasteiger partial charge is 0.508 e. The fraction of sp³-hybridized carbons (Fsp3) is 0.500. The van der Waals surface area contributed by atoms with Gasteiger partial charge in [0.25, 0.3) is 0 Å². The maximum atomic E-state index is 9.72. The van der Waals surface area contributed by atoms with E-state index < -0.39 is 8.07 Å². The topological polar surface area (TPSA) is 20.2 Å². The summed E-state index contributed by atoms with van der Waals surface area (Å²) in [6.45, 7) is 7.24. The summed E-state index contributed by atoms with van der Waals surface area (Å²) in [5.41, 5.74) is 2.04. The van der Waals surface area contributed by atoms with Crippen molar-refractivity contribution in [3.8, 4) is 5.75 Å². The molecule has 76 valence electrons. The molecule has 1 fully saturated rings. The van der Waals surface area contributed by atoms with Crippen molar-refractivity contribution >= 4 is 8.07 Å². The third-order valence-corrected chi connectivity index (χ3v) is 6.10. The molecule has 1 aliphatic carbocycles. The zero-order valence-corrected chi connectivity index (χ0v) is 10.1. The molecule has 1 aliphatic rings. The Morgan fingerprint density at radius 2 is 1.86 bits per heavy atom. The van der Waals surface area contributed by atoms with E-state index in [1.165, 1.54) is 12.0 Å². The lowest BCUT2D eigenvalue weighted by Gasteiger charge is -2.15. The molecule has 1 N–H and O–H groups in total. The number of aromatic hydroxyl groups is 1. The first kappa shape index (κ1) is 9.78. The second-order valence-electron chi connectivity index (χ2n) is 5.37. The van der Waals surface area contributed by atoms with Crippen molar-refractivity contribution in [3.05, 3.63) is 29.8 Å². The molecule has 0 aromatic heterocycles. The lowest BCUT2D eigenvalue weighted by molar-refractivity contribution is 0.468. The number of phenolic OH excluding ortho intramolecular Hbond substituents is 1. The Bertz CT molecular complexity index is 340. The summed E-state index contributed by atoms with van der Waals surface area (Å²) in [4.78, 5) is 0. The molecule has 0 amide bonds. The molecule has 2 unspecified atom stereocenters. The molecule has 0 bridgehead atoms. The Labute approximate surface area is 86.8 Å². The molecule has 0 heterocycles. The second kappa shape index (κ2) is 3.12. The minimum Gasteiger partial charge on any atom is -0.508 e. The first-order chi connectivity index (χ1) is 6.50. The third-order valence-electron chi connectivity index (χ3n) is 3.24. The number of phenols is 1. The summed E-state index contributed by atoms with van der Waals surface area (Å²) in [5.74, 6) is 1.13. The fourth-order valence-corrected chi connectivity index (χ4v) is 4.64. The van der Waals surface area contributed by atoms with Gasteiger partial charge in [0.1, 0.15) is 5.75 Å². The van der Waals surface area contributed by atoms with E-state index >= 15 is 0 Å². The summed E-state index contributed by atoms with van der Waals surface area (Å²) < 4.78 is 0. The quantitative estimate of drug-likeness (QED) is 0.733. The average Bonchev–Trinajstić information content (AvgIpc) is 2.83. The highest BCUT2D eigenvalue weighted by Crippen LogP contribution is 2.59. The summed E-state index contributed by atoms with van der Waals surface area (Å²) >= 11 is 0. The number of hydrogen-bond acceptors (Lipinski definition) is 1. The second-order valence-corrected chi connectivity index (χ2v) is 10.8. The molecule has 1 aromatic carbocycles. The summed E-state index contributed by atoms with van der Waals surface area (Å²) in [6, 6.07) is 7.79. The van der Waals surface area contributed by atoms with Crippen molar-refractivity contribution in [2.24, 2.45) is 0 Å². The minimum absolute atomic E-state index is 0.484. The van der Waals surface area contributed by atoms with Crippen molar-refractivity contribution < 1.29 is 5.11 Å². The van der Waals surface area contributed by atoms with Crippen molar-refractivity contribution in [1.82, 2.24) is 0 Å². The van der Waals surface area contributed by atoms with E-state index in [-0.39, 0.29) is 0 Å². The smallest absolute Gasteiger partial charge is 0.119 e. The first-order valence-electron chi connectivity index (χ1n) is 5.28. The molecule has 0 spiro atoms. The van der Waals surface area contributed by atoms with Gasteiger partial charge in [0.2, 0.25) is 0 Å². The zero-order chi connectivity index (χ0) is 10.3. The van der Waals surface area contributed by atoms with Crippen molar-refractivity contribution in [2.45, 2.75) is 37.5 Å². The Morgan fingerprint density at radius 3 is 2.36 bits per heavy atom. The van der Waals surface area contributed by atoms with Crippen LogP contribution in [0.3, 0.4) is 0 Å². The van der Waals surface area contributed by atoms with Gasteiger partial charge in [0, 0.05) is 8.07 Å². The molecule has 1 aromatic rings. The summed E-state index contributed by atoms with van der Waals surface area (Å²) in [6.07, 6.45) is 1.29. The number of benzene rings is 1. The van der Waals surface area contributed by atoms with E-state index in [9.17, 15) is 5.11 Å². The predicted octanol–water partition coefficient (Wildman–Crippen LogP) is 3.59. The maximum Gasteiger partial charge on any atom is 0.119 e. The molecule has 0 aliphatic heterocycles. The van der Waals surface area contributed by atoms with Crippen LogP contribution in [0.4, 0.5) is 0 Å². The molecule has 14 heavy (non-hydrogen) atoms. The fourth-order valence-electron chi connectivity index (χ4n) is 2.30. The standard InChI is InChI=1S/C12H18OSi/c1-14(2,3)12-8-10(12)9-6-4-5-7-11(9)13/h4-7,10,12-13H,8H2,1-3H3. The monoisotopic (exact) mass is 206 g/mol. The molecule has 2 atom stereocenters. The Kier molecular flexibility index (Phi) is 2.18. The van der Waals surface area contributed by atoms with Gasteiger partial charge in [-0.3, -0.25) is 0 Å². The molecule has 1 nitrogen and oxygen atoms in total. The van der Waals surface area contributed by atoms with E-state index in [0.717, 1.165) is 5.54 Å². The van der Waals surface area contributed by atoms with Crippen LogP contribution in [0.15, 0.2) is 24.3 Å². The van der Waals surface area contributed by atoms with Gasteiger partial charge in [-0.25, -0.2) is 0 Å². The highest BCUT2D eigenvalue weighted by atomic mass is 28.3. The van der Waals surface area contributed by atoms with E-state index in [1.54, 1.807) is 6.07 Å². The minimum atomic E-state index is -1.00. The average molecular weight is 206 g/mol. The highest BCUT2D eigenvalue weighted by Gasteiger charge is 2.47. The van der Waals surface area contributed by atoms with Crippen LogP contribution in [-0.4, -0.2) is 13.2 Å². The Morgan fingerprint density at radius 1 is 1.21 bits per heavy atom. The van der Waals surface area contributed by atoms with Gasteiger partial charge < -0.3 is 5.11 Å². The molecule has 1 saturated carbocycles. The molecular formula is C12H18OSi. The van der Waals surface area contributed by atoms with Gasteiger partial charge in [-0.1, -0.05) is 37.8 Å². The van der Waals surface area contributed by atoms with Crippen LogP contribution >= 0.6 is 0 Å². The SMILES string of the molecule is C[Si](C)(C)C1CC1c1ccccc1O. The predicted molar refractivity (Wildman–Crippen MR) is 62.6 cm³/mol. The molecule has 2 heteroatoms. The highest BCUT2D eigenvalue weighted by molar-refractivity contribution is 6.78. The van der Waals surface area contributed by atoms with Crippen LogP contribution in [0.25, 0.3) is 0 Å². The molecule has 0 radical (unpaired) electrons. The van der Waals surface area contributed by atoms with Crippen LogP contribution < -0.4 is 0 Å². The normalized spacial score (nSPS) is 26.2. The van der Waals surface area contributed by atoms with Crippen molar-refractivity contribution in [2.75, 3.05) is 0 Å². The van der Waals surface area contributed by atoms with Gasteiger partial charge in [-0.15, -0.1) is 0 Å². The molecular weight excluding hydrogens is 188 g/mol. The lowest BCUT2D eigenvalue weighted by atomic mass is 10.1. The van der Waals surface area contributed by atoms with E-state index in [1.807, 2.05) is 12.1 Å². The Hall–Kier alpha value is -0.763. The third kappa shape index (κ3) is 1.71. The number of para-hydroxylation sites is 1. The lowest BCUT2D eigenvalue weighted by Crippen LogP contribution is -2.20. The van der Waals surface area contributed by atoms with E-state index in [2.05, 4.69) is 25.7 Å². The van der Waals surface area contributed by atoms with Crippen LogP contribution in [0, 0.1) is 0 Å². The molecule has 2 rings (SSSR count). The number of hydrogen-bond donors (Lipinski definition) is 1. The van der Waals surface area contributed by atoms with Gasteiger partial charge in [0.05, 0.1) is 0 Å². The van der Waals surface area contributed by atoms with Gasteiger partial charge in [0.15, 0.2) is 0 Å². The van der Waals surface area contributed by atoms with Crippen LogP contribution in [0.1, 0.15) is 17.9 Å². The number of rotatable bonds is 2. The van der Waals surface area contributed by atoms with Gasteiger partial charge in [-0.05, 0) is 29.5 Å². The first-order valence-corrected chi connectivity index (χ1v) is 8.86. The van der Waals surface area contributed by atoms with E-state index in [0.29, 0.717) is 11.7 Å². The molecule has 0 saturated heterocycles. The van der Waals surface area contributed by atoms with E-state index in [4.69, 9.17) is 0 Å². The van der Waals surface area contributed by atoms with Crippen LogP contribution in [-0.2, 0) is 0 Å². The Balaban J connectivity index is 2.18. The van der Waals surface area contributed by atoms with Crippen LogP contribution in [0.2, 0.25) is 25.2 Å². The summed E-state index contributed by atoms with van der Waals surface area (Å²) in [5, 5.41) is 9.72. The van der Waals surface area contributed by atoms with Crippen molar-refractivity contribution in [1.29, 1.82) is 0 Å². The summed E-state index contributed by atoms with van der Waals surface area (Å²) in [7, 11) is -1.00. The van der Waals surface area contributed by atoms with Crippen LogP contribution in [0.5, 0.6) is 5.75 Å². The maximum absolute atomic E-state index is 9.72. The van der Waals surface area contributed by atoms with Crippen molar-refractivity contribution in [3.63, 3.8) is 0 Å². The van der Waals surface area contributed by atoms with Gasteiger partial charge >= 0.3 is 0 Å². The zero-order valence-electron chi connectivity index (χ0n) is 9.12.